The van der Waals surface area contributed by atoms with Crippen molar-refractivity contribution in [2.45, 2.75) is 69.5 Å². The van der Waals surface area contributed by atoms with E-state index in [1.54, 1.807) is 39.2 Å². The quantitative estimate of drug-likeness (QED) is 0.615. The molecule has 0 aliphatic carbocycles. The summed E-state index contributed by atoms with van der Waals surface area (Å²) in [6, 6.07) is 11.1. The molecule has 34 heavy (non-hydrogen) atoms. The number of carbonyl (C=O) groups is 1. The molecule has 2 unspecified atom stereocenters. The highest BCUT2D eigenvalue weighted by Gasteiger charge is 2.35. The molecule has 1 amide bonds. The van der Waals surface area contributed by atoms with Crippen LogP contribution < -0.4 is 10.9 Å². The summed E-state index contributed by atoms with van der Waals surface area (Å²) in [4.78, 5) is 30.3. The Bertz CT molecular complexity index is 1420. The largest absolute Gasteiger partial charge is 0.322 e. The van der Waals surface area contributed by atoms with Crippen molar-refractivity contribution in [2.75, 3.05) is 5.32 Å². The molecule has 2 atom stereocenters. The van der Waals surface area contributed by atoms with E-state index in [0.29, 0.717) is 28.7 Å². The summed E-state index contributed by atoms with van der Waals surface area (Å²) in [6.07, 6.45) is 4.39. The first-order chi connectivity index (χ1) is 16.3. The third kappa shape index (κ3) is 3.92. The van der Waals surface area contributed by atoms with E-state index >= 15 is 0 Å². The minimum absolute atomic E-state index is 0.0380. The van der Waals surface area contributed by atoms with Crippen LogP contribution in [-0.4, -0.2) is 40.3 Å². The van der Waals surface area contributed by atoms with Crippen molar-refractivity contribution >= 4 is 32.5 Å². The highest BCUT2D eigenvalue weighted by Crippen LogP contribution is 2.30. The average Bonchev–Trinajstić information content (AvgIpc) is 3.28. The second-order valence-electron chi connectivity index (χ2n) is 9.26. The fourth-order valence-electron chi connectivity index (χ4n) is 5.13. The maximum absolute atomic E-state index is 13.2. The minimum atomic E-state index is -3.61. The van der Waals surface area contributed by atoms with Crippen molar-refractivity contribution in [3.05, 3.63) is 64.2 Å². The molecule has 178 valence electrons. The predicted octanol–water partition coefficient (Wildman–Crippen LogP) is 3.55. The van der Waals surface area contributed by atoms with Gasteiger partial charge < -0.3 is 5.32 Å². The molecule has 8 nitrogen and oxygen atoms in total. The molecule has 9 heteroatoms. The Labute approximate surface area is 198 Å². The summed E-state index contributed by atoms with van der Waals surface area (Å²) in [6.45, 7) is 4.58. The minimum Gasteiger partial charge on any atom is -0.322 e. The summed E-state index contributed by atoms with van der Waals surface area (Å²) in [7, 11) is -3.61. The van der Waals surface area contributed by atoms with Gasteiger partial charge in [0.2, 0.25) is 10.0 Å². The molecule has 0 saturated carbocycles. The van der Waals surface area contributed by atoms with Gasteiger partial charge in [-0.1, -0.05) is 6.42 Å². The number of benzene rings is 2. The number of carbonyl (C=O) groups excluding carboxylic acids is 1. The number of piperidine rings is 1. The number of nitrogens with one attached hydrogen (secondary N) is 1. The van der Waals surface area contributed by atoms with Crippen LogP contribution in [-0.2, 0) is 23.0 Å². The van der Waals surface area contributed by atoms with Gasteiger partial charge in [0, 0.05) is 36.3 Å². The lowest BCUT2D eigenvalue weighted by atomic mass is 10.0. The maximum Gasteiger partial charge on any atom is 0.261 e. The number of anilines is 1. The molecule has 0 radical (unpaired) electrons. The number of sulfonamides is 1. The second-order valence-corrected chi connectivity index (χ2v) is 11.1. The van der Waals surface area contributed by atoms with Crippen LogP contribution in [0.3, 0.4) is 0 Å². The fourth-order valence-corrected chi connectivity index (χ4v) is 7.01. The fraction of sp³-hybridized carbons (Fsp3) is 0.400. The summed E-state index contributed by atoms with van der Waals surface area (Å²) in [5.41, 5.74) is 1.32. The first-order valence-electron chi connectivity index (χ1n) is 11.7. The molecule has 2 aliphatic rings. The van der Waals surface area contributed by atoms with Crippen molar-refractivity contribution in [1.82, 2.24) is 13.9 Å². The Hall–Kier alpha value is -3.04. The molecule has 3 heterocycles. The standard InChI is InChI=1S/C25H28N4O4S/c1-16-5-3-6-17(2)29(16)34(32,33)20-11-9-19(10-12-20)26-24(30)18-8-13-21-22(15-18)27-23-7-4-14-28(23)25(21)31/h8-13,15-17H,3-7,14H2,1-2H3,(H,26,30). The molecular weight excluding hydrogens is 452 g/mol. The molecule has 0 spiro atoms. The summed E-state index contributed by atoms with van der Waals surface area (Å²) < 4.78 is 29.7. The number of nitrogens with zero attached hydrogens (tertiary/aromatic N) is 3. The summed E-state index contributed by atoms with van der Waals surface area (Å²) in [5, 5.41) is 3.31. The molecule has 5 rings (SSSR count). The van der Waals surface area contributed by atoms with E-state index in [-0.39, 0.29) is 28.4 Å². The van der Waals surface area contributed by atoms with Crippen molar-refractivity contribution in [3.63, 3.8) is 0 Å². The monoisotopic (exact) mass is 480 g/mol. The van der Waals surface area contributed by atoms with Crippen LogP contribution in [0.2, 0.25) is 0 Å². The zero-order valence-electron chi connectivity index (χ0n) is 19.3. The summed E-state index contributed by atoms with van der Waals surface area (Å²) in [5.74, 6) is 0.405. The predicted molar refractivity (Wildman–Crippen MR) is 131 cm³/mol. The number of aromatic nitrogens is 2. The van der Waals surface area contributed by atoms with Crippen molar-refractivity contribution in [3.8, 4) is 0 Å². The number of fused-ring (bicyclic) bond motifs is 2. The molecular formula is C25H28N4O4S. The van der Waals surface area contributed by atoms with Crippen LogP contribution >= 0.6 is 0 Å². The van der Waals surface area contributed by atoms with Crippen LogP contribution in [0, 0.1) is 0 Å². The molecule has 0 bridgehead atoms. The Kier molecular flexibility index (Phi) is 5.77. The van der Waals surface area contributed by atoms with Crippen LogP contribution in [0.25, 0.3) is 10.9 Å². The average molecular weight is 481 g/mol. The van der Waals surface area contributed by atoms with Gasteiger partial charge in [0.05, 0.1) is 15.8 Å². The van der Waals surface area contributed by atoms with Crippen LogP contribution in [0.15, 0.2) is 52.2 Å². The highest BCUT2D eigenvalue weighted by molar-refractivity contribution is 7.89. The van der Waals surface area contributed by atoms with E-state index in [0.717, 1.165) is 37.9 Å². The molecule has 3 aromatic rings. The van der Waals surface area contributed by atoms with Gasteiger partial charge in [-0.05, 0) is 75.6 Å². The van der Waals surface area contributed by atoms with Gasteiger partial charge in [-0.15, -0.1) is 0 Å². The van der Waals surface area contributed by atoms with Crippen molar-refractivity contribution in [1.29, 1.82) is 0 Å². The zero-order valence-corrected chi connectivity index (χ0v) is 20.1. The second kappa shape index (κ2) is 8.63. The van der Waals surface area contributed by atoms with Crippen molar-refractivity contribution < 1.29 is 13.2 Å². The SMILES string of the molecule is CC1CCCC(C)N1S(=O)(=O)c1ccc(NC(=O)c2ccc3c(=O)n4c(nc3c2)CCC4)cc1. The number of hydrogen-bond donors (Lipinski definition) is 1. The van der Waals surface area contributed by atoms with E-state index in [1.165, 1.54) is 12.1 Å². The molecule has 2 aromatic carbocycles. The lowest BCUT2D eigenvalue weighted by Gasteiger charge is -2.37. The zero-order chi connectivity index (χ0) is 24.0. The maximum atomic E-state index is 13.2. The third-order valence-corrected chi connectivity index (χ3v) is 9.02. The van der Waals surface area contributed by atoms with E-state index in [1.807, 2.05) is 13.8 Å². The Morgan fingerprint density at radius 2 is 1.74 bits per heavy atom. The number of aryl methyl sites for hydroxylation is 1. The topological polar surface area (TPSA) is 101 Å². The van der Waals surface area contributed by atoms with Crippen molar-refractivity contribution in [2.24, 2.45) is 0 Å². The number of rotatable bonds is 4. The number of hydrogen-bond acceptors (Lipinski definition) is 5. The third-order valence-electron chi connectivity index (χ3n) is 6.88. The molecule has 1 aromatic heterocycles. The van der Waals surface area contributed by atoms with Crippen LogP contribution in [0.5, 0.6) is 0 Å². The molecule has 1 N–H and O–H groups in total. The van der Waals surface area contributed by atoms with E-state index in [9.17, 15) is 18.0 Å². The van der Waals surface area contributed by atoms with E-state index in [2.05, 4.69) is 10.3 Å². The molecule has 1 saturated heterocycles. The van der Waals surface area contributed by atoms with Gasteiger partial charge in [-0.2, -0.15) is 4.31 Å². The first-order valence-corrected chi connectivity index (χ1v) is 13.2. The van der Waals surface area contributed by atoms with Crippen LogP contribution in [0.1, 0.15) is 55.7 Å². The van der Waals surface area contributed by atoms with E-state index < -0.39 is 10.0 Å². The Morgan fingerprint density at radius 1 is 1.03 bits per heavy atom. The lowest BCUT2D eigenvalue weighted by Crippen LogP contribution is -2.47. The highest BCUT2D eigenvalue weighted by atomic mass is 32.2. The Morgan fingerprint density at radius 3 is 2.44 bits per heavy atom. The first kappa shape index (κ1) is 22.7. The van der Waals surface area contributed by atoms with Gasteiger partial charge in [-0.25, -0.2) is 13.4 Å². The van der Waals surface area contributed by atoms with Gasteiger partial charge in [0.25, 0.3) is 11.5 Å². The van der Waals surface area contributed by atoms with Gasteiger partial charge in [0.15, 0.2) is 0 Å². The molecule has 1 fully saturated rings. The van der Waals surface area contributed by atoms with E-state index in [4.69, 9.17) is 0 Å². The van der Waals surface area contributed by atoms with Crippen LogP contribution in [0.4, 0.5) is 5.69 Å². The Balaban J connectivity index is 1.36. The van der Waals surface area contributed by atoms with Gasteiger partial charge >= 0.3 is 0 Å². The number of amides is 1. The van der Waals surface area contributed by atoms with Gasteiger partial charge in [0.1, 0.15) is 5.82 Å². The van der Waals surface area contributed by atoms with Gasteiger partial charge in [-0.3, -0.25) is 14.2 Å². The smallest absolute Gasteiger partial charge is 0.261 e. The normalized spacial score (nSPS) is 20.9. The molecule has 2 aliphatic heterocycles. The summed E-state index contributed by atoms with van der Waals surface area (Å²) >= 11 is 0. The lowest BCUT2D eigenvalue weighted by molar-refractivity contribution is 0.102.